The zero-order valence-corrected chi connectivity index (χ0v) is 17.1. The number of carbonyl (C=O) groups excluding carboxylic acids is 3. The van der Waals surface area contributed by atoms with Crippen molar-refractivity contribution in [1.82, 2.24) is 10.8 Å². The molecule has 0 saturated heterocycles. The lowest BCUT2D eigenvalue weighted by atomic mass is 10.1. The molecule has 3 rings (SSSR count). The number of hydroxylamine groups is 1. The summed E-state index contributed by atoms with van der Waals surface area (Å²) in [5.74, 6) is -1.57. The Morgan fingerprint density at radius 3 is 2.62 bits per heavy atom. The summed E-state index contributed by atoms with van der Waals surface area (Å²) in [5, 5.41) is 21.6. The lowest BCUT2D eigenvalue weighted by Gasteiger charge is -2.05. The summed E-state index contributed by atoms with van der Waals surface area (Å²) in [5.41, 5.74) is 3.60. The molecule has 9 nitrogen and oxygen atoms in total. The average molecular weight is 439 g/mol. The average Bonchev–Trinajstić information content (AvgIpc) is 3.10. The number of carbonyl (C=O) groups is 3. The molecule has 0 fully saturated rings. The second-order valence-electron chi connectivity index (χ2n) is 7.06. The maximum atomic E-state index is 13.4. The molecule has 0 aliphatic carbocycles. The number of hydrogen-bond donors (Lipinski definition) is 4. The van der Waals surface area contributed by atoms with Gasteiger partial charge in [0.05, 0.1) is 11.9 Å². The van der Waals surface area contributed by atoms with E-state index < -0.39 is 17.6 Å². The monoisotopic (exact) mass is 439 g/mol. The highest BCUT2D eigenvalue weighted by molar-refractivity contribution is 6.53. The van der Waals surface area contributed by atoms with Crippen molar-refractivity contribution in [3.8, 4) is 0 Å². The number of nitrogens with one attached hydrogen (secondary N) is 3. The van der Waals surface area contributed by atoms with Gasteiger partial charge in [-0.25, -0.2) is 9.87 Å². The van der Waals surface area contributed by atoms with Crippen molar-refractivity contribution in [1.29, 1.82) is 0 Å². The first-order valence-electron chi connectivity index (χ1n) is 10.0. The van der Waals surface area contributed by atoms with E-state index in [1.165, 1.54) is 24.4 Å². The molecular weight excluding hydrogens is 417 g/mol. The van der Waals surface area contributed by atoms with Crippen LogP contribution in [0.1, 0.15) is 47.2 Å². The van der Waals surface area contributed by atoms with Gasteiger partial charge in [-0.1, -0.05) is 18.6 Å². The van der Waals surface area contributed by atoms with Gasteiger partial charge in [-0.05, 0) is 48.7 Å². The number of rotatable bonds is 9. The van der Waals surface area contributed by atoms with Crippen molar-refractivity contribution in [3.05, 3.63) is 65.0 Å². The van der Waals surface area contributed by atoms with Gasteiger partial charge in [0.2, 0.25) is 5.91 Å². The fourth-order valence-corrected chi connectivity index (χ4v) is 3.05. The number of fused-ring (bicyclic) bond motifs is 1. The smallest absolute Gasteiger partial charge is 0.276 e. The van der Waals surface area contributed by atoms with Crippen LogP contribution in [-0.4, -0.2) is 41.4 Å². The third-order valence-corrected chi connectivity index (χ3v) is 4.73. The van der Waals surface area contributed by atoms with Crippen LogP contribution in [0.2, 0.25) is 0 Å². The van der Waals surface area contributed by atoms with E-state index in [0.29, 0.717) is 35.3 Å². The quantitative estimate of drug-likeness (QED) is 0.207. The zero-order chi connectivity index (χ0) is 22.9. The van der Waals surface area contributed by atoms with E-state index in [4.69, 9.17) is 5.21 Å². The molecule has 0 aromatic heterocycles. The van der Waals surface area contributed by atoms with Crippen LogP contribution in [-0.2, 0) is 9.59 Å². The van der Waals surface area contributed by atoms with Crippen LogP contribution in [0.25, 0.3) is 0 Å². The highest BCUT2D eigenvalue weighted by Gasteiger charge is 2.26. The Balaban J connectivity index is 1.50. The summed E-state index contributed by atoms with van der Waals surface area (Å²) in [6.07, 6.45) is 3.77. The van der Waals surface area contributed by atoms with Gasteiger partial charge < -0.3 is 10.6 Å². The molecule has 0 atom stereocenters. The third-order valence-electron chi connectivity index (χ3n) is 4.73. The van der Waals surface area contributed by atoms with Gasteiger partial charge in [0.25, 0.3) is 11.8 Å². The number of amides is 3. The van der Waals surface area contributed by atoms with Crippen molar-refractivity contribution < 1.29 is 24.0 Å². The van der Waals surface area contributed by atoms with Gasteiger partial charge in [-0.15, -0.1) is 5.10 Å². The summed E-state index contributed by atoms with van der Waals surface area (Å²) < 4.78 is 13.4. The Bertz CT molecular complexity index is 1070. The minimum Gasteiger partial charge on any atom is -0.352 e. The van der Waals surface area contributed by atoms with Crippen LogP contribution in [0, 0.1) is 5.82 Å². The first kappa shape index (κ1) is 22.8. The standard InChI is InChI=1S/C22H22FN5O4/c23-16-9-10-18-17(12-16)20(22(31)26-18)27-25-13-14-5-7-15(8-6-14)21(30)24-11-3-1-2-4-19(29)28-32/h5-10,12-13,32H,1-4,11H2,(H,24,30)(H,28,29)(H,26,27,31)/b25-13+. The number of anilines is 1. The number of benzene rings is 2. The normalized spacial score (nSPS) is 13.8. The molecule has 4 N–H and O–H groups in total. The van der Waals surface area contributed by atoms with Crippen molar-refractivity contribution in [2.24, 2.45) is 10.2 Å². The molecule has 2 aromatic carbocycles. The minimum absolute atomic E-state index is 0.0312. The van der Waals surface area contributed by atoms with Crippen LogP contribution < -0.4 is 16.1 Å². The number of unbranched alkanes of at least 4 members (excludes halogenated alkanes) is 2. The first-order chi connectivity index (χ1) is 15.5. The highest BCUT2D eigenvalue weighted by Crippen LogP contribution is 2.24. The third kappa shape index (κ3) is 6.05. The summed E-state index contributed by atoms with van der Waals surface area (Å²) in [7, 11) is 0. The molecule has 3 amide bonds. The number of halogens is 1. The van der Waals surface area contributed by atoms with E-state index in [1.807, 2.05) is 0 Å². The Labute approximate surface area is 183 Å². The molecule has 32 heavy (non-hydrogen) atoms. The topological polar surface area (TPSA) is 132 Å². The molecule has 0 bridgehead atoms. The molecular formula is C22H22FN5O4. The molecule has 2 aromatic rings. The van der Waals surface area contributed by atoms with Gasteiger partial charge in [-0.2, -0.15) is 5.10 Å². The fraction of sp³-hybridized carbons (Fsp3) is 0.227. The maximum Gasteiger partial charge on any atom is 0.276 e. The van der Waals surface area contributed by atoms with Crippen molar-refractivity contribution >= 4 is 35.3 Å². The van der Waals surface area contributed by atoms with Gasteiger partial charge in [-0.3, -0.25) is 19.6 Å². The lowest BCUT2D eigenvalue weighted by Crippen LogP contribution is -2.24. The molecule has 1 aliphatic heterocycles. The second kappa shape index (κ2) is 10.9. The molecule has 10 heteroatoms. The predicted molar refractivity (Wildman–Crippen MR) is 116 cm³/mol. The first-order valence-corrected chi connectivity index (χ1v) is 10.0. The summed E-state index contributed by atoms with van der Waals surface area (Å²) >= 11 is 0. The van der Waals surface area contributed by atoms with E-state index in [9.17, 15) is 18.8 Å². The van der Waals surface area contributed by atoms with Crippen LogP contribution in [0.4, 0.5) is 10.1 Å². The number of hydrogen-bond acceptors (Lipinski definition) is 6. The maximum absolute atomic E-state index is 13.4. The molecule has 0 saturated carbocycles. The van der Waals surface area contributed by atoms with Crippen LogP contribution in [0.15, 0.2) is 52.7 Å². The van der Waals surface area contributed by atoms with E-state index in [2.05, 4.69) is 20.8 Å². The van der Waals surface area contributed by atoms with Gasteiger partial charge in [0, 0.05) is 24.1 Å². The minimum atomic E-state index is -0.472. The number of nitrogens with zero attached hydrogens (tertiary/aromatic N) is 2. The SMILES string of the molecule is O=C(CCCCCNC(=O)c1ccc(/C=N/N=C2\C(=O)Nc3ccc(F)cc32)cc1)NO. The molecule has 1 heterocycles. The molecule has 0 radical (unpaired) electrons. The van der Waals surface area contributed by atoms with E-state index in [1.54, 1.807) is 29.7 Å². The fourth-order valence-electron chi connectivity index (χ4n) is 3.05. The Kier molecular flexibility index (Phi) is 7.76. The van der Waals surface area contributed by atoms with E-state index in [-0.39, 0.29) is 18.0 Å². The van der Waals surface area contributed by atoms with Crippen LogP contribution in [0.3, 0.4) is 0 Å². The Hall–Kier alpha value is -3.92. The highest BCUT2D eigenvalue weighted by atomic mass is 19.1. The van der Waals surface area contributed by atoms with Crippen molar-refractivity contribution in [2.75, 3.05) is 11.9 Å². The van der Waals surface area contributed by atoms with E-state index in [0.717, 1.165) is 12.8 Å². The summed E-state index contributed by atoms with van der Waals surface area (Å²) in [6, 6.07) is 10.6. The largest absolute Gasteiger partial charge is 0.352 e. The van der Waals surface area contributed by atoms with Crippen LogP contribution in [0.5, 0.6) is 0 Å². The van der Waals surface area contributed by atoms with Crippen molar-refractivity contribution in [3.63, 3.8) is 0 Å². The van der Waals surface area contributed by atoms with Gasteiger partial charge >= 0.3 is 0 Å². The van der Waals surface area contributed by atoms with Crippen LogP contribution >= 0.6 is 0 Å². The molecule has 0 spiro atoms. The lowest BCUT2D eigenvalue weighted by molar-refractivity contribution is -0.129. The molecule has 0 unspecified atom stereocenters. The Morgan fingerprint density at radius 2 is 1.88 bits per heavy atom. The van der Waals surface area contributed by atoms with Gasteiger partial charge in [0.15, 0.2) is 5.71 Å². The Morgan fingerprint density at radius 1 is 1.09 bits per heavy atom. The van der Waals surface area contributed by atoms with Crippen molar-refractivity contribution in [2.45, 2.75) is 25.7 Å². The summed E-state index contributed by atoms with van der Waals surface area (Å²) in [4.78, 5) is 35.1. The van der Waals surface area contributed by atoms with E-state index >= 15 is 0 Å². The molecule has 1 aliphatic rings. The second-order valence-corrected chi connectivity index (χ2v) is 7.06. The molecule has 166 valence electrons. The summed E-state index contributed by atoms with van der Waals surface area (Å²) in [6.45, 7) is 0.477. The zero-order valence-electron chi connectivity index (χ0n) is 17.1. The van der Waals surface area contributed by atoms with Gasteiger partial charge in [0.1, 0.15) is 5.82 Å². The predicted octanol–water partition coefficient (Wildman–Crippen LogP) is 2.40.